The summed E-state index contributed by atoms with van der Waals surface area (Å²) in [6.45, 7) is 4.36. The van der Waals surface area contributed by atoms with Crippen molar-refractivity contribution in [3.63, 3.8) is 0 Å². The summed E-state index contributed by atoms with van der Waals surface area (Å²) in [7, 11) is 0.185. The van der Waals surface area contributed by atoms with Gasteiger partial charge in [0.15, 0.2) is 4.90 Å². The lowest BCUT2D eigenvalue weighted by atomic mass is 10.1. The van der Waals surface area contributed by atoms with Crippen molar-refractivity contribution in [3.8, 4) is 11.8 Å². The van der Waals surface area contributed by atoms with Crippen LogP contribution in [0.4, 0.5) is 0 Å². The molecule has 0 unspecified atom stereocenters. The highest BCUT2D eigenvalue weighted by Gasteiger charge is 2.21. The number of fused-ring (bicyclic) bond motifs is 1. The van der Waals surface area contributed by atoms with Crippen molar-refractivity contribution in [2.24, 2.45) is 0 Å². The Morgan fingerprint density at radius 1 is 1.11 bits per heavy atom. The number of aromatic hydroxyl groups is 1. The second-order valence-electron chi connectivity index (χ2n) is 4.02. The van der Waals surface area contributed by atoms with Crippen LogP contribution in [-0.4, -0.2) is 16.6 Å². The van der Waals surface area contributed by atoms with E-state index >= 15 is 0 Å². The summed E-state index contributed by atoms with van der Waals surface area (Å²) in [6, 6.07) is 11.4. The SMILES string of the molecule is CC[S+](CC)c1ccc(C#N)c2ccc(O)cc12. The lowest BCUT2D eigenvalue weighted by Gasteiger charge is -2.08. The van der Waals surface area contributed by atoms with Gasteiger partial charge in [0.25, 0.3) is 0 Å². The van der Waals surface area contributed by atoms with Crippen LogP contribution in [0.3, 0.4) is 0 Å². The molecule has 0 saturated heterocycles. The van der Waals surface area contributed by atoms with E-state index in [0.29, 0.717) is 5.56 Å². The third kappa shape index (κ3) is 2.16. The van der Waals surface area contributed by atoms with Crippen LogP contribution in [0.5, 0.6) is 5.75 Å². The van der Waals surface area contributed by atoms with E-state index in [9.17, 15) is 5.11 Å². The first-order chi connectivity index (χ1) is 8.71. The lowest BCUT2D eigenvalue weighted by Crippen LogP contribution is -2.09. The number of phenols is 1. The number of rotatable bonds is 3. The molecular formula is C15H16NOS+. The van der Waals surface area contributed by atoms with E-state index in [2.05, 4.69) is 19.9 Å². The molecule has 92 valence electrons. The summed E-state index contributed by atoms with van der Waals surface area (Å²) in [4.78, 5) is 1.25. The van der Waals surface area contributed by atoms with Crippen molar-refractivity contribution in [2.45, 2.75) is 18.7 Å². The van der Waals surface area contributed by atoms with Crippen molar-refractivity contribution < 1.29 is 5.11 Å². The van der Waals surface area contributed by atoms with Gasteiger partial charge in [0.1, 0.15) is 17.3 Å². The van der Waals surface area contributed by atoms with E-state index in [-0.39, 0.29) is 16.6 Å². The third-order valence-electron chi connectivity index (χ3n) is 3.09. The molecule has 2 aromatic rings. The summed E-state index contributed by atoms with van der Waals surface area (Å²) in [5.74, 6) is 2.44. The summed E-state index contributed by atoms with van der Waals surface area (Å²) >= 11 is 0. The van der Waals surface area contributed by atoms with Gasteiger partial charge in [0.2, 0.25) is 0 Å². The Kier molecular flexibility index (Phi) is 3.78. The first-order valence-corrected chi connectivity index (χ1v) is 7.60. The second-order valence-corrected chi connectivity index (χ2v) is 6.60. The van der Waals surface area contributed by atoms with Gasteiger partial charge < -0.3 is 5.11 Å². The Hall–Kier alpha value is -1.66. The van der Waals surface area contributed by atoms with Crippen LogP contribution in [-0.2, 0) is 10.9 Å². The zero-order valence-corrected chi connectivity index (χ0v) is 11.4. The van der Waals surface area contributed by atoms with E-state index in [0.717, 1.165) is 22.3 Å². The number of hydrogen-bond acceptors (Lipinski definition) is 2. The molecule has 18 heavy (non-hydrogen) atoms. The standard InChI is InChI=1S/C15H15NOS/c1-3-18(4-2)15-8-5-11(10-16)13-7-6-12(17)9-14(13)15/h5-9H,3-4H2,1-2H3/p+1. The average Bonchev–Trinajstić information content (AvgIpc) is 2.40. The highest BCUT2D eigenvalue weighted by molar-refractivity contribution is 7.97. The van der Waals surface area contributed by atoms with Gasteiger partial charge in [0, 0.05) is 21.7 Å². The number of hydrogen-bond donors (Lipinski definition) is 1. The molecule has 0 aliphatic heterocycles. The monoisotopic (exact) mass is 258 g/mol. The normalized spacial score (nSPS) is 10.8. The lowest BCUT2D eigenvalue weighted by molar-refractivity contribution is 0.476. The second kappa shape index (κ2) is 5.32. The van der Waals surface area contributed by atoms with E-state index < -0.39 is 0 Å². The Morgan fingerprint density at radius 3 is 2.44 bits per heavy atom. The predicted molar refractivity (Wildman–Crippen MR) is 77.0 cm³/mol. The zero-order chi connectivity index (χ0) is 13.1. The van der Waals surface area contributed by atoms with Gasteiger partial charge in [-0.05, 0) is 44.2 Å². The minimum atomic E-state index is 0.185. The van der Waals surface area contributed by atoms with Gasteiger partial charge in [-0.2, -0.15) is 5.26 Å². The van der Waals surface area contributed by atoms with Crippen LogP contribution in [0.1, 0.15) is 19.4 Å². The molecule has 0 atom stereocenters. The van der Waals surface area contributed by atoms with Crippen LogP contribution in [0, 0.1) is 11.3 Å². The molecule has 0 aromatic heterocycles. The van der Waals surface area contributed by atoms with Crippen molar-refractivity contribution in [3.05, 3.63) is 35.9 Å². The van der Waals surface area contributed by atoms with E-state index in [1.165, 1.54) is 4.90 Å². The maximum Gasteiger partial charge on any atom is 0.162 e. The van der Waals surface area contributed by atoms with Crippen LogP contribution in [0.25, 0.3) is 10.8 Å². The number of phenolic OH excluding ortho intramolecular Hbond substituents is 1. The fraction of sp³-hybridized carbons (Fsp3) is 0.267. The van der Waals surface area contributed by atoms with Gasteiger partial charge in [-0.3, -0.25) is 0 Å². The molecule has 2 nitrogen and oxygen atoms in total. The molecular weight excluding hydrogens is 242 g/mol. The summed E-state index contributed by atoms with van der Waals surface area (Å²) in [6.07, 6.45) is 0. The molecule has 0 spiro atoms. The van der Waals surface area contributed by atoms with Crippen molar-refractivity contribution in [2.75, 3.05) is 11.5 Å². The molecule has 0 aliphatic rings. The summed E-state index contributed by atoms with van der Waals surface area (Å²) in [5, 5.41) is 20.8. The minimum Gasteiger partial charge on any atom is -0.508 e. The molecule has 3 heteroatoms. The fourth-order valence-electron chi connectivity index (χ4n) is 2.17. The van der Waals surface area contributed by atoms with Crippen molar-refractivity contribution in [1.29, 1.82) is 5.26 Å². The molecule has 0 heterocycles. The summed E-state index contributed by atoms with van der Waals surface area (Å²) < 4.78 is 0. The molecule has 0 radical (unpaired) electrons. The first-order valence-electron chi connectivity index (χ1n) is 6.04. The Bertz CT molecular complexity index is 612. The Morgan fingerprint density at radius 2 is 1.83 bits per heavy atom. The molecule has 0 fully saturated rings. The van der Waals surface area contributed by atoms with Crippen LogP contribution in [0.15, 0.2) is 35.2 Å². The maximum absolute atomic E-state index is 9.67. The van der Waals surface area contributed by atoms with Gasteiger partial charge in [-0.1, -0.05) is 0 Å². The molecule has 0 bridgehead atoms. The number of nitrogens with zero attached hydrogens (tertiary/aromatic N) is 1. The minimum absolute atomic E-state index is 0.185. The largest absolute Gasteiger partial charge is 0.508 e. The quantitative estimate of drug-likeness (QED) is 0.857. The van der Waals surface area contributed by atoms with Crippen LogP contribution in [0.2, 0.25) is 0 Å². The molecule has 1 N–H and O–H groups in total. The van der Waals surface area contributed by atoms with Crippen molar-refractivity contribution in [1.82, 2.24) is 0 Å². The molecule has 2 aromatic carbocycles. The molecule has 0 saturated carbocycles. The number of benzene rings is 2. The molecule has 2 rings (SSSR count). The van der Waals surface area contributed by atoms with Crippen LogP contribution < -0.4 is 0 Å². The zero-order valence-electron chi connectivity index (χ0n) is 10.6. The highest BCUT2D eigenvalue weighted by atomic mass is 32.2. The Balaban J connectivity index is 2.76. The highest BCUT2D eigenvalue weighted by Crippen LogP contribution is 2.30. The van der Waals surface area contributed by atoms with Gasteiger partial charge >= 0.3 is 0 Å². The predicted octanol–water partition coefficient (Wildman–Crippen LogP) is 3.43. The van der Waals surface area contributed by atoms with E-state index in [4.69, 9.17) is 5.26 Å². The third-order valence-corrected chi connectivity index (χ3v) is 5.46. The fourth-order valence-corrected chi connectivity index (χ4v) is 3.94. The van der Waals surface area contributed by atoms with Gasteiger partial charge in [-0.15, -0.1) is 0 Å². The topological polar surface area (TPSA) is 44.0 Å². The first kappa shape index (κ1) is 12.8. The summed E-state index contributed by atoms with van der Waals surface area (Å²) in [5.41, 5.74) is 0.671. The van der Waals surface area contributed by atoms with E-state index in [1.54, 1.807) is 12.1 Å². The van der Waals surface area contributed by atoms with E-state index in [1.807, 2.05) is 18.2 Å². The van der Waals surface area contributed by atoms with Crippen LogP contribution >= 0.6 is 0 Å². The van der Waals surface area contributed by atoms with Crippen molar-refractivity contribution >= 4 is 21.7 Å². The number of nitriles is 1. The average molecular weight is 258 g/mol. The van der Waals surface area contributed by atoms with Gasteiger partial charge in [0.05, 0.1) is 11.6 Å². The molecule has 0 aliphatic carbocycles. The molecule has 0 amide bonds. The van der Waals surface area contributed by atoms with Gasteiger partial charge in [-0.25, -0.2) is 0 Å². The smallest absolute Gasteiger partial charge is 0.162 e. The Labute approximate surface area is 110 Å². The maximum atomic E-state index is 9.67.